The molecule has 0 amide bonds. The van der Waals surface area contributed by atoms with Crippen molar-refractivity contribution in [1.82, 2.24) is 4.31 Å². The minimum Gasteiger partial charge on any atom is -0.496 e. The highest BCUT2D eigenvalue weighted by Gasteiger charge is 2.25. The van der Waals surface area contributed by atoms with E-state index in [4.69, 9.17) is 9.84 Å². The zero-order valence-corrected chi connectivity index (χ0v) is 12.1. The smallest absolute Gasteiger partial charge is 0.318 e. The molecule has 0 fully saturated rings. The maximum absolute atomic E-state index is 12.3. The Balaban J connectivity index is 3.30. The van der Waals surface area contributed by atoms with Crippen LogP contribution in [0.15, 0.2) is 17.0 Å². The van der Waals surface area contributed by atoms with Crippen molar-refractivity contribution >= 4 is 16.0 Å². The molecule has 1 N–H and O–H groups in total. The quantitative estimate of drug-likeness (QED) is 0.874. The number of aliphatic carboxylic acids is 1. The van der Waals surface area contributed by atoms with Crippen LogP contribution < -0.4 is 4.74 Å². The van der Waals surface area contributed by atoms with Crippen LogP contribution in [-0.2, 0) is 14.8 Å². The van der Waals surface area contributed by atoms with E-state index in [-0.39, 0.29) is 4.90 Å². The largest absolute Gasteiger partial charge is 0.496 e. The van der Waals surface area contributed by atoms with Gasteiger partial charge in [0, 0.05) is 7.05 Å². The van der Waals surface area contributed by atoms with E-state index in [0.29, 0.717) is 16.9 Å². The monoisotopic (exact) mass is 287 g/mol. The molecule has 7 heteroatoms. The number of hydrogen-bond acceptors (Lipinski definition) is 4. The van der Waals surface area contributed by atoms with Gasteiger partial charge in [0.15, 0.2) is 0 Å². The van der Waals surface area contributed by atoms with E-state index in [0.717, 1.165) is 4.31 Å². The van der Waals surface area contributed by atoms with Gasteiger partial charge in [0.05, 0.1) is 12.0 Å². The van der Waals surface area contributed by atoms with E-state index in [1.165, 1.54) is 20.2 Å². The van der Waals surface area contributed by atoms with Crippen molar-refractivity contribution in [3.8, 4) is 5.75 Å². The molecular weight excluding hydrogens is 270 g/mol. The number of hydrogen-bond donors (Lipinski definition) is 1. The molecule has 0 saturated carbocycles. The van der Waals surface area contributed by atoms with Crippen molar-refractivity contribution in [2.45, 2.75) is 18.7 Å². The first kappa shape index (κ1) is 15.5. The third-order valence-electron chi connectivity index (χ3n) is 2.95. The topological polar surface area (TPSA) is 83.9 Å². The molecule has 0 saturated heterocycles. The zero-order chi connectivity index (χ0) is 14.8. The molecule has 19 heavy (non-hydrogen) atoms. The predicted octanol–water partition coefficient (Wildman–Crippen LogP) is 1.02. The number of rotatable bonds is 5. The van der Waals surface area contributed by atoms with E-state index < -0.39 is 22.5 Å². The summed E-state index contributed by atoms with van der Waals surface area (Å²) in [5.74, 6) is -0.605. The molecule has 0 radical (unpaired) electrons. The highest BCUT2D eigenvalue weighted by atomic mass is 32.2. The summed E-state index contributed by atoms with van der Waals surface area (Å²) < 4.78 is 30.4. The van der Waals surface area contributed by atoms with Crippen LogP contribution in [0.5, 0.6) is 5.75 Å². The van der Waals surface area contributed by atoms with E-state index in [9.17, 15) is 13.2 Å². The average Bonchev–Trinajstić information content (AvgIpc) is 2.31. The van der Waals surface area contributed by atoms with Gasteiger partial charge in [-0.05, 0) is 37.1 Å². The van der Waals surface area contributed by atoms with Gasteiger partial charge in [0.1, 0.15) is 12.3 Å². The van der Waals surface area contributed by atoms with Crippen molar-refractivity contribution in [1.29, 1.82) is 0 Å². The van der Waals surface area contributed by atoms with E-state index in [1.807, 2.05) is 0 Å². The van der Waals surface area contributed by atoms with Crippen LogP contribution in [0.25, 0.3) is 0 Å². The summed E-state index contributed by atoms with van der Waals surface area (Å²) >= 11 is 0. The fourth-order valence-corrected chi connectivity index (χ4v) is 3.11. The van der Waals surface area contributed by atoms with E-state index in [1.54, 1.807) is 19.9 Å². The third-order valence-corrected chi connectivity index (χ3v) is 4.90. The van der Waals surface area contributed by atoms with Crippen molar-refractivity contribution < 1.29 is 23.1 Å². The van der Waals surface area contributed by atoms with Crippen LogP contribution in [0.2, 0.25) is 0 Å². The number of carboxylic acid groups (broad SMARTS) is 1. The molecule has 0 atom stereocenters. The molecule has 0 bridgehead atoms. The van der Waals surface area contributed by atoms with Gasteiger partial charge in [-0.25, -0.2) is 8.42 Å². The Hall–Kier alpha value is -1.60. The second-order valence-corrected chi connectivity index (χ2v) is 6.18. The lowest BCUT2D eigenvalue weighted by atomic mass is 10.1. The molecule has 0 unspecified atom stereocenters. The van der Waals surface area contributed by atoms with Crippen LogP contribution >= 0.6 is 0 Å². The Morgan fingerprint density at radius 2 is 1.89 bits per heavy atom. The van der Waals surface area contributed by atoms with Crippen LogP contribution in [-0.4, -0.2) is 44.5 Å². The molecule has 0 aliphatic rings. The first-order chi connectivity index (χ1) is 8.71. The summed E-state index contributed by atoms with van der Waals surface area (Å²) in [4.78, 5) is 10.7. The minimum absolute atomic E-state index is 0.0922. The molecule has 106 valence electrons. The molecule has 0 aliphatic heterocycles. The van der Waals surface area contributed by atoms with Gasteiger partial charge in [-0.3, -0.25) is 4.79 Å². The van der Waals surface area contributed by atoms with Crippen molar-refractivity contribution in [2.24, 2.45) is 0 Å². The van der Waals surface area contributed by atoms with Crippen LogP contribution in [0.1, 0.15) is 11.1 Å². The lowest BCUT2D eigenvalue weighted by molar-refractivity contribution is -0.137. The van der Waals surface area contributed by atoms with Gasteiger partial charge < -0.3 is 9.84 Å². The Labute approximate surface area is 112 Å². The summed E-state index contributed by atoms with van der Waals surface area (Å²) in [7, 11) is -1.07. The molecule has 1 aromatic rings. The SMILES string of the molecule is COc1ccc(S(=O)(=O)N(C)CC(=O)O)c(C)c1C. The number of sulfonamides is 1. The van der Waals surface area contributed by atoms with E-state index in [2.05, 4.69) is 0 Å². The molecule has 0 aromatic heterocycles. The fourth-order valence-electron chi connectivity index (χ4n) is 1.71. The van der Waals surface area contributed by atoms with Gasteiger partial charge in [-0.1, -0.05) is 0 Å². The Bertz CT molecular complexity index is 594. The standard InChI is InChI=1S/C12H17NO5S/c1-8-9(2)11(6-5-10(8)18-4)19(16,17)13(3)7-12(14)15/h5-6H,7H2,1-4H3,(H,14,15). The fraction of sp³-hybridized carbons (Fsp3) is 0.417. The summed E-state index contributed by atoms with van der Waals surface area (Å²) in [6.07, 6.45) is 0. The van der Waals surface area contributed by atoms with Gasteiger partial charge in [-0.15, -0.1) is 0 Å². The van der Waals surface area contributed by atoms with Crippen molar-refractivity contribution in [3.63, 3.8) is 0 Å². The molecule has 0 aliphatic carbocycles. The summed E-state index contributed by atoms with van der Waals surface area (Å²) in [6.45, 7) is 2.84. The Kier molecular flexibility index (Phi) is 4.54. The lowest BCUT2D eigenvalue weighted by Gasteiger charge is -2.18. The summed E-state index contributed by atoms with van der Waals surface area (Å²) in [5.41, 5.74) is 1.27. The number of carboxylic acids is 1. The predicted molar refractivity (Wildman–Crippen MR) is 69.9 cm³/mol. The summed E-state index contributed by atoms with van der Waals surface area (Å²) in [5, 5.41) is 8.67. The highest BCUT2D eigenvalue weighted by Crippen LogP contribution is 2.28. The van der Waals surface area contributed by atoms with Gasteiger partial charge in [0.2, 0.25) is 10.0 Å². The first-order valence-corrected chi connectivity index (χ1v) is 6.98. The number of likely N-dealkylation sites (N-methyl/N-ethyl adjacent to an activating group) is 1. The molecule has 6 nitrogen and oxygen atoms in total. The molecule has 1 rings (SSSR count). The number of nitrogens with zero attached hydrogens (tertiary/aromatic N) is 1. The van der Waals surface area contributed by atoms with Gasteiger partial charge >= 0.3 is 5.97 Å². The number of carbonyl (C=O) groups is 1. The normalized spacial score (nSPS) is 11.6. The van der Waals surface area contributed by atoms with Crippen molar-refractivity contribution in [3.05, 3.63) is 23.3 Å². The molecule has 0 spiro atoms. The lowest BCUT2D eigenvalue weighted by Crippen LogP contribution is -2.32. The van der Waals surface area contributed by atoms with Crippen LogP contribution in [0, 0.1) is 13.8 Å². The average molecular weight is 287 g/mol. The number of methoxy groups -OCH3 is 1. The highest BCUT2D eigenvalue weighted by molar-refractivity contribution is 7.89. The van der Waals surface area contributed by atoms with Gasteiger partial charge in [-0.2, -0.15) is 4.31 Å². The minimum atomic E-state index is -3.82. The maximum Gasteiger partial charge on any atom is 0.318 e. The second-order valence-electron chi connectivity index (χ2n) is 4.17. The van der Waals surface area contributed by atoms with Gasteiger partial charge in [0.25, 0.3) is 0 Å². The molecular formula is C12H17NO5S. The maximum atomic E-state index is 12.3. The van der Waals surface area contributed by atoms with Crippen LogP contribution in [0.4, 0.5) is 0 Å². The zero-order valence-electron chi connectivity index (χ0n) is 11.3. The Morgan fingerprint density at radius 1 is 1.32 bits per heavy atom. The third kappa shape index (κ3) is 3.05. The first-order valence-electron chi connectivity index (χ1n) is 5.54. The van der Waals surface area contributed by atoms with Crippen LogP contribution in [0.3, 0.4) is 0 Å². The number of benzene rings is 1. The second kappa shape index (κ2) is 5.58. The van der Waals surface area contributed by atoms with Crippen molar-refractivity contribution in [2.75, 3.05) is 20.7 Å². The molecule has 1 aromatic carbocycles. The van der Waals surface area contributed by atoms with E-state index >= 15 is 0 Å². The molecule has 0 heterocycles. The number of ether oxygens (including phenoxy) is 1. The Morgan fingerprint density at radius 3 is 2.37 bits per heavy atom. The summed E-state index contributed by atoms with van der Waals surface area (Å²) in [6, 6.07) is 2.98.